The standard InChI is InChI=1S/C6H4Cl3NO2S/c7-3-1-5(9)6(2-4(3)8)13-12-11-10/h1-2H,10H2. The molecule has 1 rings (SSSR count). The van der Waals surface area contributed by atoms with Crippen LogP contribution < -0.4 is 5.90 Å². The van der Waals surface area contributed by atoms with Gasteiger partial charge in [-0.05, 0) is 12.1 Å². The summed E-state index contributed by atoms with van der Waals surface area (Å²) < 4.78 is 4.40. The Morgan fingerprint density at radius 3 is 2.31 bits per heavy atom. The van der Waals surface area contributed by atoms with Crippen LogP contribution in [0.15, 0.2) is 17.0 Å². The minimum absolute atomic E-state index is 0.379. The second-order valence-electron chi connectivity index (χ2n) is 1.94. The molecule has 13 heavy (non-hydrogen) atoms. The number of nitrogens with two attached hydrogens (primary N) is 1. The van der Waals surface area contributed by atoms with Crippen molar-refractivity contribution in [3.8, 4) is 0 Å². The fraction of sp³-hybridized carbons (Fsp3) is 0. The third kappa shape index (κ3) is 3.18. The number of hydrogen-bond acceptors (Lipinski definition) is 4. The highest BCUT2D eigenvalue weighted by molar-refractivity contribution is 7.94. The molecule has 0 spiro atoms. The fourth-order valence-corrected chi connectivity index (χ4v) is 1.75. The quantitative estimate of drug-likeness (QED) is 0.391. The predicted molar refractivity (Wildman–Crippen MR) is 53.7 cm³/mol. The van der Waals surface area contributed by atoms with Crippen LogP contribution in [0.5, 0.6) is 0 Å². The van der Waals surface area contributed by atoms with Crippen LogP contribution in [0.2, 0.25) is 15.1 Å². The zero-order chi connectivity index (χ0) is 9.84. The molecule has 0 saturated heterocycles. The van der Waals surface area contributed by atoms with Gasteiger partial charge in [-0.15, -0.1) is 9.32 Å². The summed E-state index contributed by atoms with van der Waals surface area (Å²) in [5.74, 6) is 4.65. The Balaban J connectivity index is 2.88. The van der Waals surface area contributed by atoms with Gasteiger partial charge in [-0.1, -0.05) is 34.8 Å². The summed E-state index contributed by atoms with van der Waals surface area (Å²) in [4.78, 5) is 4.47. The van der Waals surface area contributed by atoms with Gasteiger partial charge in [-0.25, -0.2) is 0 Å². The fourth-order valence-electron chi connectivity index (χ4n) is 0.624. The van der Waals surface area contributed by atoms with Gasteiger partial charge in [0.1, 0.15) is 0 Å². The molecule has 1 aromatic carbocycles. The second kappa shape index (κ2) is 5.26. The normalized spacial score (nSPS) is 10.5. The molecule has 3 nitrogen and oxygen atoms in total. The van der Waals surface area contributed by atoms with Crippen molar-refractivity contribution >= 4 is 46.8 Å². The van der Waals surface area contributed by atoms with E-state index in [1.807, 2.05) is 0 Å². The third-order valence-corrected chi connectivity index (χ3v) is 2.95. The van der Waals surface area contributed by atoms with Crippen LogP contribution in [0.25, 0.3) is 0 Å². The van der Waals surface area contributed by atoms with Gasteiger partial charge in [0.2, 0.25) is 0 Å². The number of hydrogen-bond donors (Lipinski definition) is 1. The van der Waals surface area contributed by atoms with Crippen molar-refractivity contribution in [3.63, 3.8) is 0 Å². The lowest BCUT2D eigenvalue weighted by molar-refractivity contribution is -0.195. The molecule has 0 saturated carbocycles. The van der Waals surface area contributed by atoms with E-state index in [0.29, 0.717) is 20.0 Å². The highest BCUT2D eigenvalue weighted by atomic mass is 35.5. The molecule has 0 fully saturated rings. The topological polar surface area (TPSA) is 44.5 Å². The van der Waals surface area contributed by atoms with E-state index < -0.39 is 0 Å². The first-order valence-corrected chi connectivity index (χ1v) is 4.87. The Morgan fingerprint density at radius 1 is 1.08 bits per heavy atom. The molecule has 0 atom stereocenters. The highest BCUT2D eigenvalue weighted by Crippen LogP contribution is 2.34. The molecule has 0 bridgehead atoms. The first kappa shape index (κ1) is 11.4. The molecule has 7 heteroatoms. The van der Waals surface area contributed by atoms with E-state index in [0.717, 1.165) is 12.0 Å². The Morgan fingerprint density at radius 2 is 1.69 bits per heavy atom. The lowest BCUT2D eigenvalue weighted by atomic mass is 10.4. The van der Waals surface area contributed by atoms with Crippen LogP contribution in [0, 0.1) is 0 Å². The molecule has 0 aromatic heterocycles. The molecule has 0 heterocycles. The first-order chi connectivity index (χ1) is 6.15. The maximum Gasteiger partial charge on any atom is 0.0719 e. The summed E-state index contributed by atoms with van der Waals surface area (Å²) in [6.07, 6.45) is 0. The summed E-state index contributed by atoms with van der Waals surface area (Å²) in [7, 11) is 0. The summed E-state index contributed by atoms with van der Waals surface area (Å²) in [5.41, 5.74) is 0. The monoisotopic (exact) mass is 259 g/mol. The van der Waals surface area contributed by atoms with Gasteiger partial charge in [-0.3, -0.25) is 0 Å². The summed E-state index contributed by atoms with van der Waals surface area (Å²) in [6, 6.07) is 3.06. The van der Waals surface area contributed by atoms with E-state index in [1.54, 1.807) is 6.07 Å². The van der Waals surface area contributed by atoms with Crippen LogP contribution in [-0.4, -0.2) is 0 Å². The van der Waals surface area contributed by atoms with E-state index in [4.69, 9.17) is 34.8 Å². The zero-order valence-corrected chi connectivity index (χ0v) is 9.17. The SMILES string of the molecule is NOOSc1cc(Cl)c(Cl)cc1Cl. The largest absolute Gasteiger partial charge is 0.182 e. The minimum atomic E-state index is 0.379. The van der Waals surface area contributed by atoms with Crippen LogP contribution in [0.4, 0.5) is 0 Å². The molecule has 0 aliphatic carbocycles. The minimum Gasteiger partial charge on any atom is -0.182 e. The van der Waals surface area contributed by atoms with Crippen molar-refractivity contribution in [2.45, 2.75) is 4.90 Å². The van der Waals surface area contributed by atoms with Crippen molar-refractivity contribution in [3.05, 3.63) is 27.2 Å². The highest BCUT2D eigenvalue weighted by Gasteiger charge is 2.07. The molecule has 0 aliphatic rings. The molecule has 0 aliphatic heterocycles. The van der Waals surface area contributed by atoms with Crippen molar-refractivity contribution < 1.29 is 9.32 Å². The number of benzene rings is 1. The molecule has 2 N–H and O–H groups in total. The van der Waals surface area contributed by atoms with Gasteiger partial charge in [0.25, 0.3) is 0 Å². The van der Waals surface area contributed by atoms with E-state index in [2.05, 4.69) is 15.2 Å². The van der Waals surface area contributed by atoms with Gasteiger partial charge in [-0.2, -0.15) is 5.90 Å². The molecular formula is C6H4Cl3NO2S. The van der Waals surface area contributed by atoms with Gasteiger partial charge in [0, 0.05) is 0 Å². The maximum absolute atomic E-state index is 5.80. The molecule has 0 radical (unpaired) electrons. The molecule has 0 unspecified atom stereocenters. The van der Waals surface area contributed by atoms with Crippen LogP contribution in [0.1, 0.15) is 0 Å². The third-order valence-electron chi connectivity index (χ3n) is 1.14. The number of halogens is 3. The van der Waals surface area contributed by atoms with E-state index in [9.17, 15) is 0 Å². The van der Waals surface area contributed by atoms with Gasteiger partial charge < -0.3 is 0 Å². The average molecular weight is 261 g/mol. The van der Waals surface area contributed by atoms with E-state index >= 15 is 0 Å². The van der Waals surface area contributed by atoms with Crippen molar-refractivity contribution in [1.82, 2.24) is 0 Å². The van der Waals surface area contributed by atoms with E-state index in [-0.39, 0.29) is 0 Å². The second-order valence-corrected chi connectivity index (χ2v) is 3.91. The van der Waals surface area contributed by atoms with Crippen molar-refractivity contribution in [2.24, 2.45) is 5.90 Å². The predicted octanol–water partition coefficient (Wildman–Crippen LogP) is 3.48. The van der Waals surface area contributed by atoms with Crippen molar-refractivity contribution in [1.29, 1.82) is 0 Å². The zero-order valence-electron chi connectivity index (χ0n) is 6.09. The first-order valence-electron chi connectivity index (χ1n) is 2.99. The summed E-state index contributed by atoms with van der Waals surface area (Å²) in [5, 5.41) is 1.18. The van der Waals surface area contributed by atoms with Crippen LogP contribution in [-0.2, 0) is 9.32 Å². The molecule has 1 aromatic rings. The van der Waals surface area contributed by atoms with Gasteiger partial charge in [0.05, 0.1) is 32.0 Å². The summed E-state index contributed by atoms with van der Waals surface area (Å²) >= 11 is 18.1. The molecular weight excluding hydrogens is 256 g/mol. The lowest BCUT2D eigenvalue weighted by Crippen LogP contribution is -1.94. The Kier molecular flexibility index (Phi) is 4.61. The van der Waals surface area contributed by atoms with Crippen molar-refractivity contribution in [2.75, 3.05) is 0 Å². The van der Waals surface area contributed by atoms with E-state index in [1.165, 1.54) is 6.07 Å². The maximum atomic E-state index is 5.80. The van der Waals surface area contributed by atoms with Crippen LogP contribution >= 0.6 is 46.8 Å². The molecule has 0 amide bonds. The van der Waals surface area contributed by atoms with Gasteiger partial charge >= 0.3 is 0 Å². The Hall–Kier alpha value is 0.320. The smallest absolute Gasteiger partial charge is 0.0719 e. The lowest BCUT2D eigenvalue weighted by Gasteiger charge is -2.03. The van der Waals surface area contributed by atoms with Gasteiger partial charge in [0.15, 0.2) is 0 Å². The Bertz CT molecular complexity index is 310. The Labute approximate surface area is 94.1 Å². The van der Waals surface area contributed by atoms with Crippen LogP contribution in [0.3, 0.4) is 0 Å². The number of rotatable bonds is 3. The summed E-state index contributed by atoms with van der Waals surface area (Å²) in [6.45, 7) is 0. The molecule has 72 valence electrons. The average Bonchev–Trinajstić information content (AvgIpc) is 2.09.